The van der Waals surface area contributed by atoms with E-state index in [1.807, 2.05) is 40.1 Å². The summed E-state index contributed by atoms with van der Waals surface area (Å²) in [7, 11) is 0. The van der Waals surface area contributed by atoms with E-state index in [1.165, 1.54) is 0 Å². The summed E-state index contributed by atoms with van der Waals surface area (Å²) in [6, 6.07) is 7.31. The molecule has 1 saturated heterocycles. The summed E-state index contributed by atoms with van der Waals surface area (Å²) in [4.78, 5) is 14.9. The molecule has 7 heteroatoms. The lowest BCUT2D eigenvalue weighted by molar-refractivity contribution is -0.128. The van der Waals surface area contributed by atoms with Crippen LogP contribution in [0.4, 0.5) is 0 Å². The molecule has 2 aliphatic rings. The molecular weight excluding hydrogens is 354 g/mol. The van der Waals surface area contributed by atoms with Gasteiger partial charge in [-0.25, -0.2) is 0 Å². The number of rotatable bonds is 3. The Morgan fingerprint density at radius 3 is 3.15 bits per heavy atom. The van der Waals surface area contributed by atoms with E-state index in [4.69, 9.17) is 21.1 Å². The zero-order chi connectivity index (χ0) is 17.9. The number of aromatic nitrogens is 2. The summed E-state index contributed by atoms with van der Waals surface area (Å²) in [5.41, 5.74) is 1.48. The molecule has 0 unspecified atom stereocenters. The largest absolute Gasteiger partial charge is 0.488 e. The number of fused-ring (bicyclic) bond motifs is 1. The molecule has 0 saturated carbocycles. The van der Waals surface area contributed by atoms with E-state index in [2.05, 4.69) is 5.10 Å². The van der Waals surface area contributed by atoms with E-state index in [0.29, 0.717) is 36.8 Å². The standard InChI is InChI=1S/C19H20ClN3O3/c20-16-3-4-18-14(10-16)9-15(13-26-18)19(24)22-6-2-8-25-17(11-22)12-23-7-1-5-21-23/h1,3-5,7,9-10,17H,2,6,8,11-13H2/t17-/m1/s1. The van der Waals surface area contributed by atoms with Crippen LogP contribution in [0.1, 0.15) is 12.0 Å². The fourth-order valence-electron chi connectivity index (χ4n) is 3.28. The molecule has 0 bridgehead atoms. The second-order valence-corrected chi connectivity index (χ2v) is 6.90. The zero-order valence-corrected chi connectivity index (χ0v) is 15.1. The van der Waals surface area contributed by atoms with Crippen LogP contribution in [0.2, 0.25) is 5.02 Å². The monoisotopic (exact) mass is 373 g/mol. The van der Waals surface area contributed by atoms with Crippen LogP contribution in [0, 0.1) is 0 Å². The van der Waals surface area contributed by atoms with Gasteiger partial charge in [-0.3, -0.25) is 9.48 Å². The fourth-order valence-corrected chi connectivity index (χ4v) is 3.46. The van der Waals surface area contributed by atoms with Crippen molar-refractivity contribution in [2.24, 2.45) is 0 Å². The Kier molecular flexibility index (Phi) is 4.95. The lowest BCUT2D eigenvalue weighted by Gasteiger charge is -2.26. The summed E-state index contributed by atoms with van der Waals surface area (Å²) in [5.74, 6) is 0.744. The third-order valence-electron chi connectivity index (χ3n) is 4.55. The van der Waals surface area contributed by atoms with Crippen LogP contribution >= 0.6 is 11.6 Å². The van der Waals surface area contributed by atoms with Crippen molar-refractivity contribution in [1.29, 1.82) is 0 Å². The number of halogens is 1. The lowest BCUT2D eigenvalue weighted by atomic mass is 10.1. The van der Waals surface area contributed by atoms with Crippen LogP contribution < -0.4 is 4.74 Å². The van der Waals surface area contributed by atoms with Gasteiger partial charge in [0.05, 0.1) is 18.2 Å². The minimum absolute atomic E-state index is 0.00779. The van der Waals surface area contributed by atoms with Gasteiger partial charge in [0, 0.05) is 42.7 Å². The van der Waals surface area contributed by atoms with Crippen molar-refractivity contribution in [2.45, 2.75) is 19.1 Å². The first-order valence-corrected chi connectivity index (χ1v) is 9.08. The zero-order valence-electron chi connectivity index (χ0n) is 14.3. The van der Waals surface area contributed by atoms with Crippen LogP contribution in [-0.4, -0.2) is 53.0 Å². The quantitative estimate of drug-likeness (QED) is 0.830. The van der Waals surface area contributed by atoms with Crippen molar-refractivity contribution in [3.05, 3.63) is 52.8 Å². The molecule has 1 aromatic heterocycles. The van der Waals surface area contributed by atoms with Crippen LogP contribution in [0.15, 0.2) is 42.2 Å². The van der Waals surface area contributed by atoms with E-state index in [1.54, 1.807) is 12.3 Å². The van der Waals surface area contributed by atoms with Gasteiger partial charge in [0.25, 0.3) is 5.91 Å². The maximum atomic E-state index is 13.0. The molecule has 4 rings (SSSR count). The number of benzene rings is 1. The Balaban J connectivity index is 1.49. The number of hydrogen-bond acceptors (Lipinski definition) is 4. The highest BCUT2D eigenvalue weighted by Crippen LogP contribution is 2.29. The SMILES string of the molecule is O=C(C1=Cc2cc(Cl)ccc2OC1)N1CCCO[C@@H](Cn2cccn2)C1. The first kappa shape index (κ1) is 17.1. The number of carbonyl (C=O) groups is 1. The Labute approximate surface area is 156 Å². The highest BCUT2D eigenvalue weighted by atomic mass is 35.5. The summed E-state index contributed by atoms with van der Waals surface area (Å²) in [5, 5.41) is 4.85. The molecule has 3 heterocycles. The predicted molar refractivity (Wildman–Crippen MR) is 98.1 cm³/mol. The second kappa shape index (κ2) is 7.51. The van der Waals surface area contributed by atoms with Crippen LogP contribution in [0.25, 0.3) is 6.08 Å². The summed E-state index contributed by atoms with van der Waals surface area (Å²) >= 11 is 6.06. The van der Waals surface area contributed by atoms with Crippen molar-refractivity contribution in [1.82, 2.24) is 14.7 Å². The first-order chi connectivity index (χ1) is 12.7. The number of amides is 1. The van der Waals surface area contributed by atoms with E-state index < -0.39 is 0 Å². The van der Waals surface area contributed by atoms with Crippen LogP contribution in [0.5, 0.6) is 5.75 Å². The lowest BCUT2D eigenvalue weighted by Crippen LogP contribution is -2.40. The van der Waals surface area contributed by atoms with Gasteiger partial charge < -0.3 is 14.4 Å². The van der Waals surface area contributed by atoms with Crippen molar-refractivity contribution < 1.29 is 14.3 Å². The van der Waals surface area contributed by atoms with E-state index in [0.717, 1.165) is 17.7 Å². The number of hydrogen-bond donors (Lipinski definition) is 0. The van der Waals surface area contributed by atoms with E-state index >= 15 is 0 Å². The molecule has 2 aromatic rings. The van der Waals surface area contributed by atoms with Crippen molar-refractivity contribution in [2.75, 3.05) is 26.3 Å². The number of ether oxygens (including phenoxy) is 2. The predicted octanol–water partition coefficient (Wildman–Crippen LogP) is 2.63. The topological polar surface area (TPSA) is 56.6 Å². The Morgan fingerprint density at radius 1 is 1.38 bits per heavy atom. The summed E-state index contributed by atoms with van der Waals surface area (Å²) in [6.07, 6.45) is 6.26. The van der Waals surface area contributed by atoms with Gasteiger partial charge in [0.2, 0.25) is 0 Å². The molecule has 6 nitrogen and oxygen atoms in total. The van der Waals surface area contributed by atoms with Crippen LogP contribution in [0.3, 0.4) is 0 Å². The van der Waals surface area contributed by atoms with Gasteiger partial charge >= 0.3 is 0 Å². The molecule has 0 spiro atoms. The Morgan fingerprint density at radius 2 is 2.31 bits per heavy atom. The normalized spacial score (nSPS) is 20.0. The molecular formula is C19H20ClN3O3. The highest BCUT2D eigenvalue weighted by Gasteiger charge is 2.27. The molecule has 0 aliphatic carbocycles. The molecule has 0 N–H and O–H groups in total. The Hall–Kier alpha value is -2.31. The third-order valence-corrected chi connectivity index (χ3v) is 4.78. The van der Waals surface area contributed by atoms with Gasteiger partial charge in [0.15, 0.2) is 0 Å². The number of carbonyl (C=O) groups excluding carboxylic acids is 1. The molecule has 0 radical (unpaired) electrons. The molecule has 1 aromatic carbocycles. The summed E-state index contributed by atoms with van der Waals surface area (Å²) in [6.45, 7) is 2.76. The average molecular weight is 374 g/mol. The van der Waals surface area contributed by atoms with E-state index in [-0.39, 0.29) is 18.6 Å². The van der Waals surface area contributed by atoms with Crippen molar-refractivity contribution in [3.63, 3.8) is 0 Å². The molecule has 136 valence electrons. The first-order valence-electron chi connectivity index (χ1n) is 8.70. The van der Waals surface area contributed by atoms with Crippen LogP contribution in [-0.2, 0) is 16.1 Å². The second-order valence-electron chi connectivity index (χ2n) is 6.47. The molecule has 2 aliphatic heterocycles. The van der Waals surface area contributed by atoms with Crippen molar-refractivity contribution >= 4 is 23.6 Å². The highest BCUT2D eigenvalue weighted by molar-refractivity contribution is 6.30. The fraction of sp³-hybridized carbons (Fsp3) is 0.368. The minimum atomic E-state index is -0.0758. The summed E-state index contributed by atoms with van der Waals surface area (Å²) < 4.78 is 13.5. The minimum Gasteiger partial charge on any atom is -0.488 e. The maximum Gasteiger partial charge on any atom is 0.253 e. The van der Waals surface area contributed by atoms with Gasteiger partial charge in [-0.1, -0.05) is 11.6 Å². The van der Waals surface area contributed by atoms with Gasteiger partial charge in [-0.2, -0.15) is 5.10 Å². The smallest absolute Gasteiger partial charge is 0.253 e. The molecule has 1 amide bonds. The Bertz CT molecular complexity index is 819. The molecule has 26 heavy (non-hydrogen) atoms. The van der Waals surface area contributed by atoms with Crippen molar-refractivity contribution in [3.8, 4) is 5.75 Å². The van der Waals surface area contributed by atoms with E-state index in [9.17, 15) is 4.79 Å². The third kappa shape index (κ3) is 3.76. The maximum absolute atomic E-state index is 13.0. The number of nitrogens with zero attached hydrogens (tertiary/aromatic N) is 3. The van der Waals surface area contributed by atoms with Gasteiger partial charge in [-0.15, -0.1) is 0 Å². The van der Waals surface area contributed by atoms with Gasteiger partial charge in [-0.05, 0) is 36.8 Å². The molecule has 1 fully saturated rings. The van der Waals surface area contributed by atoms with Gasteiger partial charge in [0.1, 0.15) is 12.4 Å². The molecule has 1 atom stereocenters. The average Bonchev–Trinajstić information content (AvgIpc) is 3.04.